The van der Waals surface area contributed by atoms with Crippen molar-refractivity contribution in [2.75, 3.05) is 115 Å². The summed E-state index contributed by atoms with van der Waals surface area (Å²) in [5, 5.41) is 7.64. The fourth-order valence-corrected chi connectivity index (χ4v) is 10.7. The van der Waals surface area contributed by atoms with Crippen LogP contribution in [-0.2, 0) is 32.2 Å². The molecule has 372 valence electrons. The van der Waals surface area contributed by atoms with Crippen LogP contribution in [0.2, 0.25) is 0 Å². The molecule has 0 radical (unpaired) electrons. The van der Waals surface area contributed by atoms with Crippen molar-refractivity contribution in [1.82, 2.24) is 59.1 Å². The number of nitrogens with zero attached hydrogens (tertiary/aromatic N) is 13. The van der Waals surface area contributed by atoms with Gasteiger partial charge in [-0.3, -0.25) is 28.5 Å². The summed E-state index contributed by atoms with van der Waals surface area (Å²) in [6.07, 6.45) is 4.11. The van der Waals surface area contributed by atoms with Crippen molar-refractivity contribution in [3.05, 3.63) is 57.3 Å². The molecular formula is C48H67ClN14O4S2. The average molecular weight is 1000 g/mol. The Kier molecular flexibility index (Phi) is 16.9. The van der Waals surface area contributed by atoms with E-state index in [2.05, 4.69) is 61.0 Å². The monoisotopic (exact) mass is 1000 g/mol. The van der Waals surface area contributed by atoms with Gasteiger partial charge in [-0.25, -0.2) is 19.9 Å². The number of hydrogen-bond donors (Lipinski definition) is 1. The molecule has 4 aliphatic heterocycles. The lowest BCUT2D eigenvalue weighted by molar-refractivity contribution is -0.136. The van der Waals surface area contributed by atoms with Crippen molar-refractivity contribution >= 4 is 77.8 Å². The molecule has 0 unspecified atom stereocenters. The Labute approximate surface area is 418 Å². The molecule has 1 amide bonds. The number of imidazole rings is 2. The maximum Gasteiger partial charge on any atom is 0.228 e. The Balaban J connectivity index is 0.000000168. The number of nitrogens with one attached hydrogen (secondary N) is 1. The van der Waals surface area contributed by atoms with Crippen molar-refractivity contribution in [3.63, 3.8) is 0 Å². The molecule has 0 spiro atoms. The highest BCUT2D eigenvalue weighted by Gasteiger charge is 2.27. The zero-order valence-electron chi connectivity index (χ0n) is 41.3. The molecular weight excluding hydrogens is 936 g/mol. The first-order valence-corrected chi connectivity index (χ1v) is 26.3. The minimum Gasteiger partial charge on any atom is -0.378 e. The zero-order chi connectivity index (χ0) is 48.8. The van der Waals surface area contributed by atoms with E-state index in [9.17, 15) is 9.59 Å². The number of thiophene rings is 2. The Hall–Kier alpha value is -4.67. The van der Waals surface area contributed by atoms with Gasteiger partial charge in [-0.1, -0.05) is 27.7 Å². The van der Waals surface area contributed by atoms with Gasteiger partial charge in [0.15, 0.2) is 11.6 Å². The lowest BCUT2D eigenvalue weighted by Crippen LogP contribution is -2.49. The van der Waals surface area contributed by atoms with Crippen LogP contribution < -0.4 is 15.1 Å². The molecule has 69 heavy (non-hydrogen) atoms. The van der Waals surface area contributed by atoms with Crippen molar-refractivity contribution in [2.24, 2.45) is 11.8 Å². The van der Waals surface area contributed by atoms with Gasteiger partial charge in [0, 0.05) is 127 Å². The average Bonchev–Trinajstić information content (AvgIpc) is 4.14. The Morgan fingerprint density at radius 2 is 1.03 bits per heavy atom. The number of carbonyl (C=O) groups is 2. The number of rotatable bonds is 10. The van der Waals surface area contributed by atoms with Crippen LogP contribution in [0.15, 0.2) is 23.2 Å². The highest BCUT2D eigenvalue weighted by Crippen LogP contribution is 2.34. The van der Waals surface area contributed by atoms with Crippen LogP contribution in [0.5, 0.6) is 0 Å². The largest absolute Gasteiger partial charge is 0.378 e. The summed E-state index contributed by atoms with van der Waals surface area (Å²) < 4.78 is 17.5. The SMILES string of the molecule is CC(C)C(=O)Cl.Cc1cn(-c2nc(N3CCOCC3)nc3c(CN4CCN(C(=O)C(C)C)CC4)csc23)c(C)n1.Cc1cn(-c2nc(N3CCOCC3)nc3c(CN4CCNCC4)csc23)c(C)n1. The predicted molar refractivity (Wildman–Crippen MR) is 275 cm³/mol. The highest BCUT2D eigenvalue weighted by atomic mass is 35.5. The quantitative estimate of drug-likeness (QED) is 0.164. The number of ether oxygens (including phenoxy) is 2. The fourth-order valence-electron chi connectivity index (χ4n) is 8.75. The molecule has 10 rings (SSSR count). The molecule has 0 saturated carbocycles. The van der Waals surface area contributed by atoms with Gasteiger partial charge < -0.3 is 29.5 Å². The maximum atomic E-state index is 12.4. The molecule has 10 heterocycles. The minimum atomic E-state index is -0.269. The Morgan fingerprint density at radius 3 is 1.41 bits per heavy atom. The molecule has 21 heteroatoms. The van der Waals surface area contributed by atoms with E-state index >= 15 is 0 Å². The lowest BCUT2D eigenvalue weighted by Gasteiger charge is -2.35. The molecule has 18 nitrogen and oxygen atoms in total. The summed E-state index contributed by atoms with van der Waals surface area (Å²) in [6, 6.07) is 0. The van der Waals surface area contributed by atoms with Crippen molar-refractivity contribution in [3.8, 4) is 11.6 Å². The third kappa shape index (κ3) is 12.3. The summed E-state index contributed by atoms with van der Waals surface area (Å²) in [5.74, 6) is 5.53. The van der Waals surface area contributed by atoms with E-state index in [1.54, 1.807) is 36.5 Å². The second-order valence-electron chi connectivity index (χ2n) is 18.6. The summed E-state index contributed by atoms with van der Waals surface area (Å²) in [5.41, 5.74) is 6.58. The highest BCUT2D eigenvalue weighted by molar-refractivity contribution is 7.18. The van der Waals surface area contributed by atoms with Gasteiger partial charge in [-0.05, 0) is 50.1 Å². The van der Waals surface area contributed by atoms with Crippen LogP contribution in [0.4, 0.5) is 11.9 Å². The van der Waals surface area contributed by atoms with Crippen LogP contribution in [0, 0.1) is 39.5 Å². The number of morpholine rings is 2. The molecule has 6 aromatic heterocycles. The zero-order valence-corrected chi connectivity index (χ0v) is 43.7. The van der Waals surface area contributed by atoms with E-state index in [1.807, 2.05) is 52.6 Å². The molecule has 6 aromatic rings. The summed E-state index contributed by atoms with van der Waals surface area (Å²) in [6.45, 7) is 30.9. The molecule has 4 saturated heterocycles. The summed E-state index contributed by atoms with van der Waals surface area (Å²) in [7, 11) is 0. The molecule has 1 N–H and O–H groups in total. The number of aryl methyl sites for hydroxylation is 4. The molecule has 0 aliphatic carbocycles. The number of hydrogen-bond acceptors (Lipinski definition) is 17. The van der Waals surface area contributed by atoms with E-state index in [-0.39, 0.29) is 23.0 Å². The van der Waals surface area contributed by atoms with Crippen molar-refractivity contribution < 1.29 is 19.1 Å². The van der Waals surface area contributed by atoms with Gasteiger partial charge in [-0.15, -0.1) is 22.7 Å². The van der Waals surface area contributed by atoms with Crippen LogP contribution >= 0.6 is 34.3 Å². The Bertz CT molecular complexity index is 2690. The van der Waals surface area contributed by atoms with Crippen molar-refractivity contribution in [2.45, 2.75) is 68.5 Å². The van der Waals surface area contributed by atoms with Crippen LogP contribution in [0.3, 0.4) is 0 Å². The second-order valence-corrected chi connectivity index (χ2v) is 20.7. The van der Waals surface area contributed by atoms with E-state index < -0.39 is 0 Å². The number of aromatic nitrogens is 8. The topological polar surface area (TPSA) is 168 Å². The number of anilines is 2. The van der Waals surface area contributed by atoms with Gasteiger partial charge in [0.25, 0.3) is 0 Å². The Morgan fingerprint density at radius 1 is 0.609 bits per heavy atom. The van der Waals surface area contributed by atoms with Gasteiger partial charge in [0.1, 0.15) is 11.6 Å². The summed E-state index contributed by atoms with van der Waals surface area (Å²) >= 11 is 8.41. The third-order valence-corrected chi connectivity index (χ3v) is 15.1. The number of halogens is 1. The molecule has 4 aliphatic rings. The first kappa shape index (κ1) is 50.7. The van der Waals surface area contributed by atoms with Gasteiger partial charge in [-0.2, -0.15) is 9.97 Å². The van der Waals surface area contributed by atoms with Gasteiger partial charge in [0.05, 0.1) is 58.2 Å². The number of amides is 1. The predicted octanol–water partition coefficient (Wildman–Crippen LogP) is 5.77. The maximum absolute atomic E-state index is 12.4. The second kappa shape index (κ2) is 23.0. The molecule has 0 aromatic carbocycles. The van der Waals surface area contributed by atoms with Crippen molar-refractivity contribution in [1.29, 1.82) is 0 Å². The van der Waals surface area contributed by atoms with E-state index in [4.69, 9.17) is 41.0 Å². The molecule has 0 bridgehead atoms. The smallest absolute Gasteiger partial charge is 0.228 e. The van der Waals surface area contributed by atoms with Gasteiger partial charge in [0.2, 0.25) is 23.0 Å². The lowest BCUT2D eigenvalue weighted by atomic mass is 10.1. The standard InChI is InChI=1S/C24H33N7O2S.C20H27N7OS.C4H7ClO/c1-16(2)23(32)29-7-5-28(6-8-29)14-19-15-34-21-20(19)26-24(30-9-11-33-12-10-30)27-22(21)31-13-17(3)25-18(31)4;1-14-11-27(15(2)22-14)19-18-17(23-20(24-19)26-7-9-28-10-8-26)16(13-29-18)12-25-5-3-21-4-6-25;1-3(2)4(5)6/h13,15-16H,5-12,14H2,1-4H3;11,13,21H,3-10,12H2,1-2H3;3H,1-2H3. The first-order chi connectivity index (χ1) is 33.2. The van der Waals surface area contributed by atoms with Gasteiger partial charge >= 0.3 is 0 Å². The molecule has 0 atom stereocenters. The number of piperazine rings is 2. The third-order valence-electron chi connectivity index (χ3n) is 12.6. The van der Waals surface area contributed by atoms with Crippen LogP contribution in [0.1, 0.15) is 61.9 Å². The fraction of sp³-hybridized carbons (Fsp3) is 0.583. The minimum absolute atomic E-state index is 0.0216. The molecule has 4 fully saturated rings. The van der Waals surface area contributed by atoms with Crippen LogP contribution in [0.25, 0.3) is 32.1 Å². The van der Waals surface area contributed by atoms with E-state index in [0.29, 0.717) is 13.2 Å². The van der Waals surface area contributed by atoms with E-state index in [0.717, 1.165) is 172 Å². The van der Waals surface area contributed by atoms with Crippen LogP contribution in [-0.4, -0.2) is 170 Å². The number of fused-ring (bicyclic) bond motifs is 2. The number of carbonyl (C=O) groups excluding carboxylic acids is 2. The summed E-state index contributed by atoms with van der Waals surface area (Å²) in [4.78, 5) is 62.9. The van der Waals surface area contributed by atoms with E-state index in [1.165, 1.54) is 11.1 Å². The normalized spacial score (nSPS) is 17.4. The first-order valence-electron chi connectivity index (χ1n) is 24.1.